The SMILES string of the molecule is COC(=O)[C@H]1Cc2c(ccc3ccccc23)O1. The van der Waals surface area contributed by atoms with Crippen molar-refractivity contribution in [2.24, 2.45) is 0 Å². The molecule has 3 heteroatoms. The number of carbonyl (C=O) groups is 1. The first-order valence-electron chi connectivity index (χ1n) is 5.54. The standard InChI is InChI=1S/C14H12O3/c1-16-14(15)13-8-11-10-5-3-2-4-9(10)6-7-12(11)17-13/h2-7,13H,8H2,1H3/t13-/m1/s1. The van der Waals surface area contributed by atoms with E-state index in [1.165, 1.54) is 12.5 Å². The van der Waals surface area contributed by atoms with Crippen LogP contribution >= 0.6 is 0 Å². The maximum absolute atomic E-state index is 11.5. The van der Waals surface area contributed by atoms with Crippen LogP contribution in [0.4, 0.5) is 0 Å². The number of ether oxygens (including phenoxy) is 2. The third kappa shape index (κ3) is 1.55. The number of benzene rings is 2. The van der Waals surface area contributed by atoms with Crippen molar-refractivity contribution in [1.82, 2.24) is 0 Å². The topological polar surface area (TPSA) is 35.5 Å². The number of rotatable bonds is 1. The molecule has 0 unspecified atom stereocenters. The van der Waals surface area contributed by atoms with E-state index in [0.717, 1.165) is 16.7 Å². The molecule has 2 aromatic rings. The van der Waals surface area contributed by atoms with E-state index in [0.29, 0.717) is 6.42 Å². The molecule has 2 aromatic carbocycles. The van der Waals surface area contributed by atoms with E-state index in [1.54, 1.807) is 0 Å². The van der Waals surface area contributed by atoms with Gasteiger partial charge < -0.3 is 9.47 Å². The molecule has 0 amide bonds. The molecule has 86 valence electrons. The molecule has 0 spiro atoms. The molecule has 3 nitrogen and oxygen atoms in total. The zero-order valence-corrected chi connectivity index (χ0v) is 9.47. The molecule has 0 radical (unpaired) electrons. The number of fused-ring (bicyclic) bond motifs is 3. The summed E-state index contributed by atoms with van der Waals surface area (Å²) in [7, 11) is 1.38. The minimum atomic E-state index is -0.499. The summed E-state index contributed by atoms with van der Waals surface area (Å²) in [6.07, 6.45) is 0.0874. The van der Waals surface area contributed by atoms with E-state index >= 15 is 0 Å². The minimum absolute atomic E-state index is 0.315. The normalized spacial score (nSPS) is 17.6. The van der Waals surface area contributed by atoms with Crippen molar-refractivity contribution in [3.8, 4) is 5.75 Å². The van der Waals surface area contributed by atoms with Crippen LogP contribution in [0.15, 0.2) is 36.4 Å². The predicted octanol–water partition coefficient (Wildman–Crippen LogP) is 2.32. The third-order valence-electron chi connectivity index (χ3n) is 3.12. The second kappa shape index (κ2) is 3.77. The smallest absolute Gasteiger partial charge is 0.347 e. The van der Waals surface area contributed by atoms with Crippen molar-refractivity contribution >= 4 is 16.7 Å². The third-order valence-corrected chi connectivity index (χ3v) is 3.12. The van der Waals surface area contributed by atoms with E-state index in [9.17, 15) is 4.79 Å². The van der Waals surface area contributed by atoms with Gasteiger partial charge in [-0.1, -0.05) is 30.3 Å². The first-order chi connectivity index (χ1) is 8.29. The molecule has 1 heterocycles. The quantitative estimate of drug-likeness (QED) is 0.703. The zero-order valence-electron chi connectivity index (χ0n) is 9.47. The fourth-order valence-corrected chi connectivity index (χ4v) is 2.28. The molecular formula is C14H12O3. The zero-order chi connectivity index (χ0) is 11.8. The van der Waals surface area contributed by atoms with E-state index in [2.05, 4.69) is 12.1 Å². The molecule has 1 atom stereocenters. The Bertz CT molecular complexity index is 589. The monoisotopic (exact) mass is 228 g/mol. The maximum Gasteiger partial charge on any atom is 0.347 e. The van der Waals surface area contributed by atoms with Crippen LogP contribution in [-0.2, 0) is 16.0 Å². The molecule has 0 aliphatic carbocycles. The average molecular weight is 228 g/mol. The van der Waals surface area contributed by atoms with E-state index in [1.807, 2.05) is 24.3 Å². The van der Waals surface area contributed by atoms with Gasteiger partial charge in [0.1, 0.15) is 5.75 Å². The van der Waals surface area contributed by atoms with Gasteiger partial charge in [-0.25, -0.2) is 4.79 Å². The summed E-state index contributed by atoms with van der Waals surface area (Å²) in [5, 5.41) is 2.32. The summed E-state index contributed by atoms with van der Waals surface area (Å²) in [6.45, 7) is 0. The van der Waals surface area contributed by atoms with Gasteiger partial charge in [-0.15, -0.1) is 0 Å². The number of hydrogen-bond acceptors (Lipinski definition) is 3. The Morgan fingerprint density at radius 1 is 1.29 bits per heavy atom. The molecule has 3 rings (SSSR count). The van der Waals surface area contributed by atoms with E-state index in [-0.39, 0.29) is 5.97 Å². The average Bonchev–Trinajstić information content (AvgIpc) is 2.82. The van der Waals surface area contributed by atoms with Crippen LogP contribution in [0.3, 0.4) is 0 Å². The van der Waals surface area contributed by atoms with Crippen LogP contribution in [0.5, 0.6) is 5.75 Å². The van der Waals surface area contributed by atoms with Gasteiger partial charge in [-0.05, 0) is 16.8 Å². The Balaban J connectivity index is 2.08. The number of carbonyl (C=O) groups excluding carboxylic acids is 1. The van der Waals surface area contributed by atoms with Gasteiger partial charge >= 0.3 is 5.97 Å². The van der Waals surface area contributed by atoms with Gasteiger partial charge in [0, 0.05) is 12.0 Å². The Morgan fingerprint density at radius 3 is 2.94 bits per heavy atom. The molecule has 0 aromatic heterocycles. The van der Waals surface area contributed by atoms with Crippen LogP contribution in [0, 0.1) is 0 Å². The molecule has 0 N–H and O–H groups in total. The highest BCUT2D eigenvalue weighted by Crippen LogP contribution is 2.35. The van der Waals surface area contributed by atoms with Gasteiger partial charge in [0.15, 0.2) is 6.10 Å². The van der Waals surface area contributed by atoms with Gasteiger partial charge in [0.2, 0.25) is 0 Å². The molecule has 0 fully saturated rings. The van der Waals surface area contributed by atoms with Crippen LogP contribution in [0.1, 0.15) is 5.56 Å². The summed E-state index contributed by atoms with van der Waals surface area (Å²) in [5.74, 6) is 0.476. The number of methoxy groups -OCH3 is 1. The van der Waals surface area contributed by atoms with Crippen molar-refractivity contribution in [3.05, 3.63) is 42.0 Å². The molecular weight excluding hydrogens is 216 g/mol. The number of hydrogen-bond donors (Lipinski definition) is 0. The Morgan fingerprint density at radius 2 is 2.12 bits per heavy atom. The van der Waals surface area contributed by atoms with Crippen molar-refractivity contribution in [3.63, 3.8) is 0 Å². The summed E-state index contributed by atoms with van der Waals surface area (Å²) < 4.78 is 10.3. The van der Waals surface area contributed by atoms with Crippen molar-refractivity contribution < 1.29 is 14.3 Å². The summed E-state index contributed by atoms with van der Waals surface area (Å²) in [4.78, 5) is 11.5. The van der Waals surface area contributed by atoms with Crippen molar-refractivity contribution in [1.29, 1.82) is 0 Å². The lowest BCUT2D eigenvalue weighted by Crippen LogP contribution is -2.26. The molecule has 0 bridgehead atoms. The first kappa shape index (κ1) is 10.1. The molecule has 17 heavy (non-hydrogen) atoms. The lowest BCUT2D eigenvalue weighted by Gasteiger charge is -2.06. The first-order valence-corrected chi connectivity index (χ1v) is 5.54. The Hall–Kier alpha value is -2.03. The van der Waals surface area contributed by atoms with Crippen molar-refractivity contribution in [2.75, 3.05) is 7.11 Å². The second-order valence-corrected chi connectivity index (χ2v) is 4.10. The minimum Gasteiger partial charge on any atom is -0.478 e. The highest BCUT2D eigenvalue weighted by molar-refractivity contribution is 5.89. The van der Waals surface area contributed by atoms with Gasteiger partial charge in [-0.2, -0.15) is 0 Å². The Kier molecular flexibility index (Phi) is 2.25. The highest BCUT2D eigenvalue weighted by Gasteiger charge is 2.30. The van der Waals surface area contributed by atoms with E-state index in [4.69, 9.17) is 9.47 Å². The Labute approximate surface area is 99.0 Å². The van der Waals surface area contributed by atoms with Crippen LogP contribution < -0.4 is 4.74 Å². The van der Waals surface area contributed by atoms with Gasteiger partial charge in [0.25, 0.3) is 0 Å². The van der Waals surface area contributed by atoms with Gasteiger partial charge in [0.05, 0.1) is 7.11 Å². The van der Waals surface area contributed by atoms with Crippen LogP contribution in [-0.4, -0.2) is 19.2 Å². The highest BCUT2D eigenvalue weighted by atomic mass is 16.6. The molecule has 1 aliphatic rings. The summed E-state index contributed by atoms with van der Waals surface area (Å²) in [6, 6.07) is 12.0. The second-order valence-electron chi connectivity index (χ2n) is 4.10. The van der Waals surface area contributed by atoms with E-state index < -0.39 is 6.10 Å². The number of esters is 1. The molecule has 0 saturated carbocycles. The van der Waals surface area contributed by atoms with Crippen LogP contribution in [0.25, 0.3) is 10.8 Å². The fourth-order valence-electron chi connectivity index (χ4n) is 2.28. The fraction of sp³-hybridized carbons (Fsp3) is 0.214. The largest absolute Gasteiger partial charge is 0.478 e. The maximum atomic E-state index is 11.5. The predicted molar refractivity (Wildman–Crippen MR) is 64.1 cm³/mol. The molecule has 0 saturated heterocycles. The van der Waals surface area contributed by atoms with Crippen molar-refractivity contribution in [2.45, 2.75) is 12.5 Å². The van der Waals surface area contributed by atoms with Crippen LogP contribution in [0.2, 0.25) is 0 Å². The lowest BCUT2D eigenvalue weighted by molar-refractivity contribution is -0.147. The summed E-state index contributed by atoms with van der Waals surface area (Å²) in [5.41, 5.74) is 1.10. The molecule has 1 aliphatic heterocycles. The lowest BCUT2D eigenvalue weighted by atomic mass is 10.0. The summed E-state index contributed by atoms with van der Waals surface area (Å²) >= 11 is 0. The van der Waals surface area contributed by atoms with Gasteiger partial charge in [-0.3, -0.25) is 0 Å².